The van der Waals surface area contributed by atoms with Gasteiger partial charge in [-0.05, 0) is 69.5 Å². The van der Waals surface area contributed by atoms with Crippen molar-refractivity contribution in [1.82, 2.24) is 4.57 Å². The van der Waals surface area contributed by atoms with Gasteiger partial charge in [0.1, 0.15) is 11.5 Å². The van der Waals surface area contributed by atoms with E-state index in [1.54, 1.807) is 45.2 Å². The lowest BCUT2D eigenvalue weighted by atomic mass is 9.96. The topological polar surface area (TPSA) is 83.0 Å². The first-order valence-electron chi connectivity index (χ1n) is 9.62. The quantitative estimate of drug-likeness (QED) is 0.426. The summed E-state index contributed by atoms with van der Waals surface area (Å²) < 4.78 is 19.4. The van der Waals surface area contributed by atoms with E-state index < -0.39 is 12.0 Å². The Morgan fingerprint density at radius 2 is 2.03 bits per heavy atom. The number of thiazole rings is 1. The van der Waals surface area contributed by atoms with Gasteiger partial charge in [-0.1, -0.05) is 23.5 Å². The molecule has 0 N–H and O–H groups in total. The average molecular weight is 582 g/mol. The van der Waals surface area contributed by atoms with Crippen molar-refractivity contribution in [2.75, 3.05) is 13.7 Å². The second kappa shape index (κ2) is 9.21. The number of ether oxygens (including phenoxy) is 2. The zero-order valence-corrected chi connectivity index (χ0v) is 21.3. The average Bonchev–Trinajstić information content (AvgIpc) is 3.25. The van der Waals surface area contributed by atoms with Gasteiger partial charge < -0.3 is 13.9 Å². The number of hydrogen-bond donors (Lipinski definition) is 0. The molecule has 0 fully saturated rings. The highest BCUT2D eigenvalue weighted by atomic mass is 79.9. The number of fused-ring (bicyclic) bond motifs is 1. The van der Waals surface area contributed by atoms with Gasteiger partial charge in [-0.3, -0.25) is 9.36 Å². The van der Waals surface area contributed by atoms with Crippen LogP contribution in [0.1, 0.15) is 31.2 Å². The van der Waals surface area contributed by atoms with Gasteiger partial charge in [-0.2, -0.15) is 0 Å². The molecule has 32 heavy (non-hydrogen) atoms. The number of nitrogens with zero attached hydrogens (tertiary/aromatic N) is 2. The van der Waals surface area contributed by atoms with Crippen LogP contribution in [0.4, 0.5) is 0 Å². The molecular weight excluding hydrogens is 564 g/mol. The number of hydrogen-bond acceptors (Lipinski definition) is 7. The fraction of sp³-hybridized carbons (Fsp3) is 0.227. The summed E-state index contributed by atoms with van der Waals surface area (Å²) in [6.07, 6.45) is 1.66. The maximum Gasteiger partial charge on any atom is 0.338 e. The van der Waals surface area contributed by atoms with Gasteiger partial charge in [0.2, 0.25) is 0 Å². The van der Waals surface area contributed by atoms with Crippen LogP contribution in [0.5, 0.6) is 5.75 Å². The summed E-state index contributed by atoms with van der Waals surface area (Å²) in [4.78, 5) is 31.4. The van der Waals surface area contributed by atoms with Crippen molar-refractivity contribution in [1.29, 1.82) is 0 Å². The lowest BCUT2D eigenvalue weighted by molar-refractivity contribution is -0.139. The van der Waals surface area contributed by atoms with Crippen LogP contribution in [0.15, 0.2) is 64.9 Å². The third kappa shape index (κ3) is 4.14. The minimum absolute atomic E-state index is 0.220. The summed E-state index contributed by atoms with van der Waals surface area (Å²) in [6.45, 7) is 3.71. The van der Waals surface area contributed by atoms with Crippen LogP contribution in [-0.4, -0.2) is 24.3 Å². The highest BCUT2D eigenvalue weighted by Crippen LogP contribution is 2.32. The highest BCUT2D eigenvalue weighted by Gasteiger charge is 2.33. The molecule has 0 unspecified atom stereocenters. The molecule has 3 aromatic rings. The lowest BCUT2D eigenvalue weighted by Crippen LogP contribution is -2.39. The van der Waals surface area contributed by atoms with E-state index in [0.29, 0.717) is 36.8 Å². The maximum absolute atomic E-state index is 13.5. The molecule has 7 nitrogen and oxygen atoms in total. The summed E-state index contributed by atoms with van der Waals surface area (Å²) >= 11 is 7.91. The molecule has 1 atom stereocenters. The zero-order chi connectivity index (χ0) is 23.0. The molecule has 0 aliphatic carbocycles. The Bertz CT molecular complexity index is 1380. The SMILES string of the molecule is CCOC(=O)C1=C(C)N=c2s/c(=C/c3cc(Br)c(Br)o3)c(=O)n2[C@H]1c1ccc(OC)cc1. The molecule has 0 spiro atoms. The van der Waals surface area contributed by atoms with E-state index in [2.05, 4.69) is 36.9 Å². The van der Waals surface area contributed by atoms with E-state index in [0.717, 1.165) is 10.0 Å². The number of benzene rings is 1. The smallest absolute Gasteiger partial charge is 0.338 e. The third-order valence-corrected chi connectivity index (χ3v) is 7.58. The van der Waals surface area contributed by atoms with E-state index in [1.165, 1.54) is 15.9 Å². The van der Waals surface area contributed by atoms with Crippen LogP contribution in [0.25, 0.3) is 6.08 Å². The minimum atomic E-state index is -0.673. The molecule has 4 rings (SSSR count). The maximum atomic E-state index is 13.5. The number of halogens is 2. The van der Waals surface area contributed by atoms with Crippen molar-refractivity contribution in [2.24, 2.45) is 4.99 Å². The van der Waals surface area contributed by atoms with Crippen molar-refractivity contribution >= 4 is 55.2 Å². The molecule has 0 amide bonds. The molecule has 2 aromatic heterocycles. The van der Waals surface area contributed by atoms with E-state index in [9.17, 15) is 9.59 Å². The summed E-state index contributed by atoms with van der Waals surface area (Å²) in [5, 5.41) is 0. The van der Waals surface area contributed by atoms with Crippen LogP contribution >= 0.6 is 43.2 Å². The number of carbonyl (C=O) groups is 1. The Labute approximate surface area is 203 Å². The second-order valence-electron chi connectivity index (χ2n) is 6.85. The van der Waals surface area contributed by atoms with Crippen LogP contribution in [0, 0.1) is 0 Å². The Kier molecular flexibility index (Phi) is 6.55. The number of methoxy groups -OCH3 is 1. The molecule has 1 aromatic carbocycles. The van der Waals surface area contributed by atoms with Crippen LogP contribution in [0.2, 0.25) is 0 Å². The molecule has 0 bridgehead atoms. The standard InChI is InChI=1S/C22H18Br2N2O5S/c1-4-30-21(28)17-11(2)25-22-26(18(17)12-5-7-13(29-3)8-6-12)20(27)16(32-22)10-14-9-15(23)19(24)31-14/h5-10,18H,4H2,1-3H3/b16-10+/t18-/m0/s1. The number of esters is 1. The van der Waals surface area contributed by atoms with Crippen molar-refractivity contribution in [3.05, 3.63) is 81.8 Å². The van der Waals surface area contributed by atoms with Gasteiger partial charge >= 0.3 is 5.97 Å². The largest absolute Gasteiger partial charge is 0.497 e. The Morgan fingerprint density at radius 3 is 2.62 bits per heavy atom. The monoisotopic (exact) mass is 580 g/mol. The first-order valence-corrected chi connectivity index (χ1v) is 12.0. The van der Waals surface area contributed by atoms with Crippen molar-refractivity contribution in [3.63, 3.8) is 0 Å². The summed E-state index contributed by atoms with van der Waals surface area (Å²) in [5.74, 6) is 0.688. The molecule has 0 saturated carbocycles. The summed E-state index contributed by atoms with van der Waals surface area (Å²) in [6, 6.07) is 8.34. The molecule has 0 radical (unpaired) electrons. The van der Waals surface area contributed by atoms with Crippen molar-refractivity contribution < 1.29 is 18.7 Å². The highest BCUT2D eigenvalue weighted by molar-refractivity contribution is 9.13. The fourth-order valence-corrected chi connectivity index (χ4v) is 5.09. The normalized spacial score (nSPS) is 16.0. The number of carbonyl (C=O) groups excluding carboxylic acids is 1. The molecule has 3 heterocycles. The van der Waals surface area contributed by atoms with Gasteiger partial charge in [0.05, 0.1) is 40.0 Å². The first kappa shape index (κ1) is 22.8. The molecule has 0 saturated heterocycles. The molecule has 1 aliphatic rings. The number of aromatic nitrogens is 1. The third-order valence-electron chi connectivity index (χ3n) is 4.89. The van der Waals surface area contributed by atoms with Crippen molar-refractivity contribution in [2.45, 2.75) is 19.9 Å². The molecule has 1 aliphatic heterocycles. The van der Waals surface area contributed by atoms with Gasteiger partial charge in [-0.15, -0.1) is 0 Å². The van der Waals surface area contributed by atoms with E-state index in [-0.39, 0.29) is 12.2 Å². The molecule has 166 valence electrons. The Balaban J connectivity index is 1.94. The fourth-order valence-electron chi connectivity index (χ4n) is 3.46. The van der Waals surface area contributed by atoms with Gasteiger partial charge in [0.25, 0.3) is 5.56 Å². The van der Waals surface area contributed by atoms with Crippen LogP contribution < -0.4 is 19.6 Å². The number of furan rings is 1. The predicted octanol–water partition coefficient (Wildman–Crippen LogP) is 3.92. The lowest BCUT2D eigenvalue weighted by Gasteiger charge is -2.24. The van der Waals surface area contributed by atoms with Crippen LogP contribution in [-0.2, 0) is 9.53 Å². The predicted molar refractivity (Wildman–Crippen MR) is 128 cm³/mol. The summed E-state index contributed by atoms with van der Waals surface area (Å²) in [7, 11) is 1.58. The van der Waals surface area contributed by atoms with E-state index in [4.69, 9.17) is 13.9 Å². The van der Waals surface area contributed by atoms with Gasteiger partial charge in [-0.25, -0.2) is 9.79 Å². The first-order chi connectivity index (χ1) is 15.3. The zero-order valence-electron chi connectivity index (χ0n) is 17.3. The summed E-state index contributed by atoms with van der Waals surface area (Å²) in [5.41, 5.74) is 1.33. The van der Waals surface area contributed by atoms with E-state index >= 15 is 0 Å². The van der Waals surface area contributed by atoms with Gasteiger partial charge in [0, 0.05) is 6.08 Å². The molecular formula is C22H18Br2N2O5S. The Hall–Kier alpha value is -2.43. The van der Waals surface area contributed by atoms with Crippen LogP contribution in [0.3, 0.4) is 0 Å². The Morgan fingerprint density at radius 1 is 1.31 bits per heavy atom. The number of rotatable bonds is 5. The van der Waals surface area contributed by atoms with Gasteiger partial charge in [0.15, 0.2) is 9.47 Å². The molecule has 10 heteroatoms. The second-order valence-corrected chi connectivity index (χ2v) is 9.43. The number of allylic oxidation sites excluding steroid dienone is 1. The van der Waals surface area contributed by atoms with Crippen molar-refractivity contribution in [3.8, 4) is 5.75 Å². The minimum Gasteiger partial charge on any atom is -0.497 e. The van der Waals surface area contributed by atoms with E-state index in [1.807, 2.05) is 12.1 Å².